The van der Waals surface area contributed by atoms with Crippen molar-refractivity contribution in [1.29, 1.82) is 5.26 Å². The molecule has 2 rings (SSSR count). The molecule has 1 aromatic carbocycles. The molecule has 1 heterocycles. The number of aliphatic carboxylic acids is 1. The summed E-state index contributed by atoms with van der Waals surface area (Å²) in [5.74, 6) is -2.49. The lowest BCUT2D eigenvalue weighted by molar-refractivity contribution is -0.133. The van der Waals surface area contributed by atoms with Gasteiger partial charge in [-0.3, -0.25) is 0 Å². The molecule has 0 fully saturated rings. The van der Waals surface area contributed by atoms with Crippen molar-refractivity contribution in [2.45, 2.75) is 12.8 Å². The highest BCUT2D eigenvalue weighted by molar-refractivity contribution is 6.31. The van der Waals surface area contributed by atoms with E-state index in [9.17, 15) is 14.3 Å². The molecule has 0 saturated heterocycles. The van der Waals surface area contributed by atoms with Crippen molar-refractivity contribution in [3.8, 4) is 6.07 Å². The van der Waals surface area contributed by atoms with E-state index in [1.165, 1.54) is 18.3 Å². The van der Waals surface area contributed by atoms with E-state index in [0.29, 0.717) is 11.3 Å². The lowest BCUT2D eigenvalue weighted by atomic mass is 9.82. The third kappa shape index (κ3) is 2.38. The SMILES string of the molecule is CC1=C(C(=O)O)C(c2ccc(F)cc2Cl)C(C#N)=CN1. The minimum Gasteiger partial charge on any atom is -0.478 e. The number of carboxylic acid groups (broad SMARTS) is 1. The number of halogens is 2. The van der Waals surface area contributed by atoms with Crippen LogP contribution in [0.1, 0.15) is 18.4 Å². The van der Waals surface area contributed by atoms with E-state index in [-0.39, 0.29) is 16.2 Å². The summed E-state index contributed by atoms with van der Waals surface area (Å²) in [6, 6.07) is 5.63. The van der Waals surface area contributed by atoms with Gasteiger partial charge in [0.05, 0.1) is 23.1 Å². The standard InChI is InChI=1S/C14H10ClFN2O2/c1-7-12(14(19)20)13(8(5-17)6-18-7)10-3-2-9(16)4-11(10)15/h2-4,6,13,18H,1H3,(H,19,20). The Morgan fingerprint density at radius 1 is 1.55 bits per heavy atom. The zero-order chi connectivity index (χ0) is 14.9. The lowest BCUT2D eigenvalue weighted by Gasteiger charge is -2.25. The van der Waals surface area contributed by atoms with Gasteiger partial charge in [0, 0.05) is 16.9 Å². The van der Waals surface area contributed by atoms with E-state index in [0.717, 1.165) is 6.07 Å². The predicted molar refractivity (Wildman–Crippen MR) is 71.3 cm³/mol. The summed E-state index contributed by atoms with van der Waals surface area (Å²) in [6.45, 7) is 1.60. The fourth-order valence-corrected chi connectivity index (χ4v) is 2.43. The molecule has 0 radical (unpaired) electrons. The summed E-state index contributed by atoms with van der Waals surface area (Å²) in [4.78, 5) is 11.4. The summed E-state index contributed by atoms with van der Waals surface area (Å²) in [7, 11) is 0. The van der Waals surface area contributed by atoms with Gasteiger partial charge in [0.1, 0.15) is 5.82 Å². The molecule has 2 N–H and O–H groups in total. The molecule has 0 spiro atoms. The zero-order valence-electron chi connectivity index (χ0n) is 10.4. The monoisotopic (exact) mass is 292 g/mol. The van der Waals surface area contributed by atoms with Crippen LogP contribution in [0.25, 0.3) is 0 Å². The number of nitriles is 1. The summed E-state index contributed by atoms with van der Waals surface area (Å²) in [6.07, 6.45) is 1.44. The first-order valence-electron chi connectivity index (χ1n) is 5.71. The number of nitrogens with zero attached hydrogens (tertiary/aromatic N) is 1. The first-order valence-corrected chi connectivity index (χ1v) is 6.09. The van der Waals surface area contributed by atoms with Crippen molar-refractivity contribution in [3.05, 3.63) is 57.6 Å². The van der Waals surface area contributed by atoms with Crippen LogP contribution in [0.5, 0.6) is 0 Å². The molecule has 0 amide bonds. The molecular formula is C14H10ClFN2O2. The first-order chi connectivity index (χ1) is 9.45. The number of rotatable bonds is 2. The Labute approximate surface area is 119 Å². The molecular weight excluding hydrogens is 283 g/mol. The third-order valence-electron chi connectivity index (χ3n) is 3.08. The number of benzene rings is 1. The van der Waals surface area contributed by atoms with Crippen molar-refractivity contribution in [1.82, 2.24) is 5.32 Å². The molecule has 1 atom stereocenters. The van der Waals surface area contributed by atoms with Gasteiger partial charge in [-0.1, -0.05) is 17.7 Å². The molecule has 4 nitrogen and oxygen atoms in total. The van der Waals surface area contributed by atoms with E-state index in [2.05, 4.69) is 5.32 Å². The smallest absolute Gasteiger partial charge is 0.334 e. The van der Waals surface area contributed by atoms with Crippen molar-refractivity contribution >= 4 is 17.6 Å². The van der Waals surface area contributed by atoms with Gasteiger partial charge < -0.3 is 10.4 Å². The fraction of sp³-hybridized carbons (Fsp3) is 0.143. The molecule has 1 aliphatic heterocycles. The third-order valence-corrected chi connectivity index (χ3v) is 3.41. The highest BCUT2D eigenvalue weighted by Crippen LogP contribution is 2.38. The van der Waals surface area contributed by atoms with E-state index < -0.39 is 17.7 Å². The highest BCUT2D eigenvalue weighted by Gasteiger charge is 2.32. The summed E-state index contributed by atoms with van der Waals surface area (Å²) < 4.78 is 13.1. The van der Waals surface area contributed by atoms with Gasteiger partial charge in [-0.05, 0) is 24.6 Å². The maximum atomic E-state index is 13.1. The molecule has 1 aromatic rings. The van der Waals surface area contributed by atoms with Gasteiger partial charge >= 0.3 is 5.97 Å². The van der Waals surface area contributed by atoms with Crippen LogP contribution in [-0.4, -0.2) is 11.1 Å². The van der Waals surface area contributed by atoms with Crippen molar-refractivity contribution < 1.29 is 14.3 Å². The van der Waals surface area contributed by atoms with Crippen LogP contribution in [0.15, 0.2) is 41.2 Å². The summed E-state index contributed by atoms with van der Waals surface area (Å²) in [5.41, 5.74) is 1.04. The second-order valence-electron chi connectivity index (χ2n) is 4.30. The van der Waals surface area contributed by atoms with Gasteiger partial charge in [-0.25, -0.2) is 9.18 Å². The summed E-state index contributed by atoms with van der Waals surface area (Å²) >= 11 is 5.99. The Hall–Kier alpha value is -2.32. The molecule has 0 aromatic heterocycles. The molecule has 1 aliphatic rings. The van der Waals surface area contributed by atoms with Gasteiger partial charge in [-0.2, -0.15) is 5.26 Å². The predicted octanol–water partition coefficient (Wildman–Crippen LogP) is 2.93. The summed E-state index contributed by atoms with van der Waals surface area (Å²) in [5, 5.41) is 21.3. The van der Waals surface area contributed by atoms with E-state index in [4.69, 9.17) is 16.9 Å². The average Bonchev–Trinajstić information content (AvgIpc) is 2.38. The van der Waals surface area contributed by atoms with Crippen LogP contribution < -0.4 is 5.32 Å². The average molecular weight is 293 g/mol. The Morgan fingerprint density at radius 2 is 2.25 bits per heavy atom. The number of hydrogen-bond acceptors (Lipinski definition) is 3. The Morgan fingerprint density at radius 3 is 2.80 bits per heavy atom. The second-order valence-corrected chi connectivity index (χ2v) is 4.71. The minimum absolute atomic E-state index is 0.0255. The molecule has 0 aliphatic carbocycles. The van der Waals surface area contributed by atoms with Crippen LogP contribution in [0.4, 0.5) is 4.39 Å². The van der Waals surface area contributed by atoms with Crippen molar-refractivity contribution in [2.24, 2.45) is 0 Å². The Kier molecular flexibility index (Phi) is 3.77. The van der Waals surface area contributed by atoms with Gasteiger partial charge in [-0.15, -0.1) is 0 Å². The molecule has 0 saturated carbocycles. The molecule has 6 heteroatoms. The van der Waals surface area contributed by atoms with Crippen molar-refractivity contribution in [2.75, 3.05) is 0 Å². The van der Waals surface area contributed by atoms with Gasteiger partial charge in [0.15, 0.2) is 0 Å². The maximum absolute atomic E-state index is 13.1. The van der Waals surface area contributed by atoms with Crippen LogP contribution in [-0.2, 0) is 4.79 Å². The van der Waals surface area contributed by atoms with Crippen LogP contribution in [0, 0.1) is 17.1 Å². The molecule has 1 unspecified atom stereocenters. The van der Waals surface area contributed by atoms with Gasteiger partial charge in [0.2, 0.25) is 0 Å². The fourth-order valence-electron chi connectivity index (χ4n) is 2.16. The minimum atomic E-state index is -1.15. The topological polar surface area (TPSA) is 73.1 Å². The molecule has 20 heavy (non-hydrogen) atoms. The van der Waals surface area contributed by atoms with Crippen LogP contribution in [0.2, 0.25) is 5.02 Å². The number of nitrogens with one attached hydrogen (secondary N) is 1. The van der Waals surface area contributed by atoms with Gasteiger partial charge in [0.25, 0.3) is 0 Å². The first kappa shape index (κ1) is 14.1. The number of dihydropyridines is 1. The Bertz CT molecular complexity index is 689. The Balaban J connectivity index is 2.65. The van der Waals surface area contributed by atoms with E-state index in [1.807, 2.05) is 6.07 Å². The van der Waals surface area contributed by atoms with E-state index >= 15 is 0 Å². The number of carboxylic acids is 1. The largest absolute Gasteiger partial charge is 0.478 e. The van der Waals surface area contributed by atoms with Crippen LogP contribution in [0.3, 0.4) is 0 Å². The number of allylic oxidation sites excluding steroid dienone is 2. The zero-order valence-corrected chi connectivity index (χ0v) is 11.2. The molecule has 0 bridgehead atoms. The highest BCUT2D eigenvalue weighted by atomic mass is 35.5. The molecule has 102 valence electrons. The van der Waals surface area contributed by atoms with Crippen molar-refractivity contribution in [3.63, 3.8) is 0 Å². The number of hydrogen-bond donors (Lipinski definition) is 2. The van der Waals surface area contributed by atoms with Crippen LogP contribution >= 0.6 is 11.6 Å². The number of carbonyl (C=O) groups is 1. The maximum Gasteiger partial charge on any atom is 0.334 e. The van der Waals surface area contributed by atoms with E-state index in [1.54, 1.807) is 6.92 Å². The normalized spacial score (nSPS) is 18.1. The second kappa shape index (κ2) is 5.35. The lowest BCUT2D eigenvalue weighted by Crippen LogP contribution is -2.24. The quantitative estimate of drug-likeness (QED) is 0.879.